The zero-order chi connectivity index (χ0) is 35.6. The van der Waals surface area contributed by atoms with Crippen molar-refractivity contribution in [1.29, 1.82) is 0 Å². The number of aryl methyl sites for hydroxylation is 9. The van der Waals surface area contributed by atoms with Gasteiger partial charge in [0.15, 0.2) is 0 Å². The van der Waals surface area contributed by atoms with Gasteiger partial charge in [-0.25, -0.2) is 0 Å². The molecule has 0 N–H and O–H groups in total. The molecule has 0 spiro atoms. The Morgan fingerprint density at radius 1 is 0.306 bits per heavy atom. The Morgan fingerprint density at radius 2 is 0.490 bits per heavy atom. The van der Waals surface area contributed by atoms with Gasteiger partial charge in [0.25, 0.3) is 0 Å². The molecule has 0 bridgehead atoms. The molecule has 3 aromatic rings. The maximum Gasteiger partial charge on any atom is 0.530 e. The summed E-state index contributed by atoms with van der Waals surface area (Å²) in [5.41, 5.74) is 12.0. The van der Waals surface area contributed by atoms with Crippen molar-refractivity contribution in [2.75, 3.05) is 0 Å². The first-order valence-electron chi connectivity index (χ1n) is 20.2. The van der Waals surface area contributed by atoms with Crippen molar-refractivity contribution in [3.8, 4) is 17.2 Å². The molecule has 272 valence electrons. The van der Waals surface area contributed by atoms with Crippen LogP contribution in [0.1, 0.15) is 170 Å². The highest BCUT2D eigenvalue weighted by molar-refractivity contribution is 7.43. The molecule has 0 amide bonds. The van der Waals surface area contributed by atoms with Gasteiger partial charge in [0, 0.05) is 0 Å². The van der Waals surface area contributed by atoms with Crippen LogP contribution in [0.2, 0.25) is 0 Å². The Balaban J connectivity index is 2.29. The molecule has 49 heavy (non-hydrogen) atoms. The molecule has 0 atom stereocenters. The van der Waals surface area contributed by atoms with Crippen molar-refractivity contribution < 1.29 is 13.6 Å². The third-order valence-corrected chi connectivity index (χ3v) is 10.1. The van der Waals surface area contributed by atoms with E-state index in [1.807, 2.05) is 0 Å². The maximum absolute atomic E-state index is 7.23. The third kappa shape index (κ3) is 12.1. The minimum Gasteiger partial charge on any atom is -0.408 e. The Labute approximate surface area is 302 Å². The second-order valence-electron chi connectivity index (χ2n) is 14.0. The highest BCUT2D eigenvalue weighted by Crippen LogP contribution is 2.49. The normalized spacial score (nSPS) is 11.4. The molecule has 3 aromatic carbocycles. The van der Waals surface area contributed by atoms with Crippen LogP contribution in [0.25, 0.3) is 0 Å². The van der Waals surface area contributed by atoms with Crippen molar-refractivity contribution in [2.45, 2.75) is 178 Å². The summed E-state index contributed by atoms with van der Waals surface area (Å²) in [6, 6.07) is 14.4. The van der Waals surface area contributed by atoms with E-state index in [1.165, 1.54) is 50.1 Å². The minimum atomic E-state index is -1.80. The van der Waals surface area contributed by atoms with Crippen LogP contribution in [0.4, 0.5) is 0 Å². The van der Waals surface area contributed by atoms with Crippen molar-refractivity contribution in [3.05, 3.63) is 86.5 Å². The molecule has 0 aromatic heterocycles. The molecule has 0 heterocycles. The molecule has 4 heteroatoms. The van der Waals surface area contributed by atoms with E-state index < -0.39 is 8.60 Å². The smallest absolute Gasteiger partial charge is 0.408 e. The highest BCUT2D eigenvalue weighted by Gasteiger charge is 2.29. The van der Waals surface area contributed by atoms with Gasteiger partial charge in [0.05, 0.1) is 0 Å². The molecule has 0 saturated heterocycles. The monoisotopic (exact) mass is 688 g/mol. The van der Waals surface area contributed by atoms with Gasteiger partial charge in [-0.3, -0.25) is 0 Å². The molecule has 0 fully saturated rings. The standard InChI is InChI=1S/C45H69O3P/c1-10-19-34-28-37(22-13-4)43(38(29-34)23-14-5)46-49(47-44-39(24-15-6)30-35(20-11-2)31-40(44)25-16-7)48-45-41(26-17-8)32-36(21-12-3)33-42(45)27-18-9/h28-33H,10-27H2,1-9H3. The van der Waals surface area contributed by atoms with E-state index in [2.05, 4.69) is 98.7 Å². The van der Waals surface area contributed by atoms with Crippen LogP contribution in [-0.2, 0) is 57.8 Å². The summed E-state index contributed by atoms with van der Waals surface area (Å²) in [6.45, 7) is 20.4. The summed E-state index contributed by atoms with van der Waals surface area (Å²) in [7, 11) is -1.80. The molecular formula is C45H69O3P. The lowest BCUT2D eigenvalue weighted by Crippen LogP contribution is -2.11. The molecule has 3 rings (SSSR count). The molecule has 0 aliphatic carbocycles. The van der Waals surface area contributed by atoms with Gasteiger partial charge < -0.3 is 13.6 Å². The van der Waals surface area contributed by atoms with Crippen molar-refractivity contribution in [1.82, 2.24) is 0 Å². The van der Waals surface area contributed by atoms with E-state index in [1.54, 1.807) is 0 Å². The van der Waals surface area contributed by atoms with Crippen LogP contribution in [0.5, 0.6) is 17.2 Å². The summed E-state index contributed by atoms with van der Waals surface area (Å²) >= 11 is 0. The predicted molar refractivity (Wildman–Crippen MR) is 214 cm³/mol. The summed E-state index contributed by atoms with van der Waals surface area (Å²) in [5, 5.41) is 0. The van der Waals surface area contributed by atoms with E-state index in [4.69, 9.17) is 13.6 Å². The van der Waals surface area contributed by atoms with Gasteiger partial charge in [-0.05, 0) is 108 Å². The molecule has 0 aliphatic heterocycles. The van der Waals surface area contributed by atoms with E-state index in [0.29, 0.717) is 0 Å². The van der Waals surface area contributed by atoms with Crippen LogP contribution in [-0.4, -0.2) is 0 Å². The fourth-order valence-corrected chi connectivity index (χ4v) is 8.40. The molecular weight excluding hydrogens is 619 g/mol. The third-order valence-electron chi connectivity index (χ3n) is 9.14. The summed E-state index contributed by atoms with van der Waals surface area (Å²) < 4.78 is 21.7. The van der Waals surface area contributed by atoms with E-state index in [9.17, 15) is 0 Å². The maximum atomic E-state index is 7.23. The minimum absolute atomic E-state index is 0.981. The van der Waals surface area contributed by atoms with Crippen LogP contribution in [0.3, 0.4) is 0 Å². The molecule has 0 unspecified atom stereocenters. The molecule has 0 radical (unpaired) electrons. The number of benzene rings is 3. The van der Waals surface area contributed by atoms with Gasteiger partial charge >= 0.3 is 8.60 Å². The van der Waals surface area contributed by atoms with Crippen molar-refractivity contribution >= 4 is 8.60 Å². The zero-order valence-electron chi connectivity index (χ0n) is 32.9. The number of rotatable bonds is 24. The Morgan fingerprint density at radius 3 is 0.653 bits per heavy atom. The van der Waals surface area contributed by atoms with Gasteiger partial charge in [-0.2, -0.15) is 0 Å². The predicted octanol–water partition coefficient (Wildman–Crippen LogP) is 14.0. The first-order chi connectivity index (χ1) is 23.9. The van der Waals surface area contributed by atoms with E-state index in [0.717, 1.165) is 133 Å². The average molecular weight is 689 g/mol. The van der Waals surface area contributed by atoms with Crippen LogP contribution >= 0.6 is 8.60 Å². The van der Waals surface area contributed by atoms with Gasteiger partial charge in [-0.15, -0.1) is 0 Å². The van der Waals surface area contributed by atoms with Crippen LogP contribution < -0.4 is 13.6 Å². The number of hydrogen-bond acceptors (Lipinski definition) is 3. The first kappa shape index (κ1) is 40.9. The lowest BCUT2D eigenvalue weighted by atomic mass is 9.96. The molecule has 0 aliphatic rings. The van der Waals surface area contributed by atoms with E-state index >= 15 is 0 Å². The molecule has 3 nitrogen and oxygen atoms in total. The Bertz CT molecular complexity index is 1160. The summed E-state index contributed by atoms with van der Waals surface area (Å²) in [6.07, 6.45) is 19.0. The molecule has 0 saturated carbocycles. The fraction of sp³-hybridized carbons (Fsp3) is 0.600. The quantitative estimate of drug-likeness (QED) is 0.0877. The fourth-order valence-electron chi connectivity index (χ4n) is 7.14. The second-order valence-corrected chi connectivity index (χ2v) is 15.0. The van der Waals surface area contributed by atoms with Crippen molar-refractivity contribution in [3.63, 3.8) is 0 Å². The largest absolute Gasteiger partial charge is 0.530 e. The van der Waals surface area contributed by atoms with Gasteiger partial charge in [0.1, 0.15) is 17.2 Å². The average Bonchev–Trinajstić information content (AvgIpc) is 3.06. The number of hydrogen-bond donors (Lipinski definition) is 0. The second kappa shape index (κ2) is 22.3. The topological polar surface area (TPSA) is 27.7 Å². The lowest BCUT2D eigenvalue weighted by molar-refractivity contribution is 0.377. The van der Waals surface area contributed by atoms with Gasteiger partial charge in [-0.1, -0.05) is 156 Å². The highest BCUT2D eigenvalue weighted by atomic mass is 31.2. The van der Waals surface area contributed by atoms with Gasteiger partial charge in [0.2, 0.25) is 0 Å². The lowest BCUT2D eigenvalue weighted by Gasteiger charge is -2.26. The van der Waals surface area contributed by atoms with Crippen molar-refractivity contribution in [2.24, 2.45) is 0 Å². The SMILES string of the molecule is CCCc1cc(CCC)c(OP(Oc2c(CCC)cc(CCC)cc2CCC)Oc2c(CCC)cc(CCC)cc2CCC)c(CCC)c1. The summed E-state index contributed by atoms with van der Waals surface area (Å²) in [4.78, 5) is 0. The first-order valence-corrected chi connectivity index (χ1v) is 21.3. The summed E-state index contributed by atoms with van der Waals surface area (Å²) in [5.74, 6) is 2.97. The zero-order valence-corrected chi connectivity index (χ0v) is 33.8. The Hall–Kier alpha value is -2.51. The van der Waals surface area contributed by atoms with Crippen LogP contribution in [0, 0.1) is 0 Å². The van der Waals surface area contributed by atoms with E-state index in [-0.39, 0.29) is 0 Å². The van der Waals surface area contributed by atoms with Crippen LogP contribution in [0.15, 0.2) is 36.4 Å². The Kier molecular flexibility index (Phi) is 18.7.